The van der Waals surface area contributed by atoms with Gasteiger partial charge in [0.1, 0.15) is 4.90 Å². The van der Waals surface area contributed by atoms with Crippen molar-refractivity contribution in [3.05, 3.63) is 47.2 Å². The Labute approximate surface area is 182 Å². The lowest BCUT2D eigenvalue weighted by molar-refractivity contribution is -0.0440. The van der Waals surface area contributed by atoms with E-state index >= 15 is 0 Å². The summed E-state index contributed by atoms with van der Waals surface area (Å²) < 4.78 is 35.1. The molecule has 164 valence electrons. The summed E-state index contributed by atoms with van der Waals surface area (Å²) in [5, 5.41) is 7.09. The van der Waals surface area contributed by atoms with Crippen LogP contribution in [-0.4, -0.2) is 60.3 Å². The van der Waals surface area contributed by atoms with Gasteiger partial charge in [0.25, 0.3) is 5.91 Å². The third-order valence-corrected chi connectivity index (χ3v) is 7.18. The molecule has 1 amide bonds. The van der Waals surface area contributed by atoms with Gasteiger partial charge in [0.05, 0.1) is 17.2 Å². The summed E-state index contributed by atoms with van der Waals surface area (Å²) in [4.78, 5) is 12.6. The van der Waals surface area contributed by atoms with E-state index in [1.165, 1.54) is 22.5 Å². The molecule has 1 fully saturated rings. The fourth-order valence-electron chi connectivity index (χ4n) is 3.47. The van der Waals surface area contributed by atoms with E-state index in [-0.39, 0.29) is 52.6 Å². The molecule has 8 nitrogen and oxygen atoms in total. The van der Waals surface area contributed by atoms with Crippen LogP contribution in [0.25, 0.3) is 0 Å². The number of carbonyl (C=O) groups excluding carboxylic acids is 1. The number of benzene rings is 1. The molecule has 2 heterocycles. The minimum atomic E-state index is -3.85. The molecule has 1 aromatic heterocycles. The predicted octanol–water partition coefficient (Wildman–Crippen LogP) is 2.40. The van der Waals surface area contributed by atoms with Crippen molar-refractivity contribution in [2.75, 3.05) is 19.6 Å². The number of ether oxygens (including phenoxy) is 1. The van der Waals surface area contributed by atoms with Crippen molar-refractivity contribution in [1.82, 2.24) is 19.4 Å². The number of rotatable bonds is 7. The SMILES string of the molecule is CC(CNC(=O)c1ccc(Cl)c(S(=O)(=O)N2CC(C)OC(C)C2)c1)Cn1cccn1. The Morgan fingerprint density at radius 2 is 2.03 bits per heavy atom. The first kappa shape index (κ1) is 22.7. The number of hydrogen-bond donors (Lipinski definition) is 1. The van der Waals surface area contributed by atoms with Crippen LogP contribution >= 0.6 is 11.6 Å². The quantitative estimate of drug-likeness (QED) is 0.693. The van der Waals surface area contributed by atoms with E-state index < -0.39 is 10.0 Å². The third kappa shape index (κ3) is 5.40. The van der Waals surface area contributed by atoms with Crippen LogP contribution in [0, 0.1) is 5.92 Å². The summed E-state index contributed by atoms with van der Waals surface area (Å²) in [7, 11) is -3.85. The van der Waals surface area contributed by atoms with Crippen molar-refractivity contribution in [3.8, 4) is 0 Å². The molecule has 2 aromatic rings. The van der Waals surface area contributed by atoms with Gasteiger partial charge in [0.15, 0.2) is 0 Å². The zero-order chi connectivity index (χ0) is 21.9. The van der Waals surface area contributed by atoms with Crippen LogP contribution in [0.4, 0.5) is 0 Å². The number of halogens is 1. The molecule has 10 heteroatoms. The van der Waals surface area contributed by atoms with Gasteiger partial charge in [-0.2, -0.15) is 9.40 Å². The number of aromatic nitrogens is 2. The summed E-state index contributed by atoms with van der Waals surface area (Å²) >= 11 is 6.21. The average molecular weight is 455 g/mol. The average Bonchev–Trinajstić information content (AvgIpc) is 3.18. The topological polar surface area (TPSA) is 93.5 Å². The standard InChI is InChI=1S/C20H27ClN4O4S/c1-14(11-24-8-4-7-23-24)10-22-20(26)17-5-6-18(21)19(9-17)30(27,28)25-12-15(2)29-16(3)13-25/h4-9,14-16H,10-13H2,1-3H3,(H,22,26). The fourth-order valence-corrected chi connectivity index (χ4v) is 5.56. The van der Waals surface area contributed by atoms with Gasteiger partial charge in [-0.3, -0.25) is 9.48 Å². The van der Waals surface area contributed by atoms with Crippen molar-refractivity contribution in [1.29, 1.82) is 0 Å². The second-order valence-electron chi connectivity index (χ2n) is 7.77. The molecular formula is C20H27ClN4O4S. The van der Waals surface area contributed by atoms with Gasteiger partial charge in [0, 0.05) is 44.1 Å². The lowest BCUT2D eigenvalue weighted by Gasteiger charge is -2.34. The van der Waals surface area contributed by atoms with Crippen molar-refractivity contribution < 1.29 is 17.9 Å². The highest BCUT2D eigenvalue weighted by Gasteiger charge is 2.33. The number of nitrogens with zero attached hydrogens (tertiary/aromatic N) is 3. The van der Waals surface area contributed by atoms with Crippen LogP contribution in [0.15, 0.2) is 41.6 Å². The molecule has 1 aromatic carbocycles. The van der Waals surface area contributed by atoms with Gasteiger partial charge >= 0.3 is 0 Å². The molecule has 0 radical (unpaired) electrons. The van der Waals surface area contributed by atoms with Gasteiger partial charge in [-0.15, -0.1) is 0 Å². The first-order valence-corrected chi connectivity index (χ1v) is 11.7. The van der Waals surface area contributed by atoms with E-state index in [1.807, 2.05) is 33.0 Å². The maximum Gasteiger partial charge on any atom is 0.251 e. The molecule has 0 aliphatic carbocycles. The fraction of sp³-hybridized carbons (Fsp3) is 0.500. The molecule has 1 aliphatic rings. The van der Waals surface area contributed by atoms with Gasteiger partial charge in [-0.25, -0.2) is 8.42 Å². The molecule has 3 atom stereocenters. The van der Waals surface area contributed by atoms with Crippen LogP contribution in [0.1, 0.15) is 31.1 Å². The Kier molecular flexibility index (Phi) is 7.18. The van der Waals surface area contributed by atoms with Gasteiger partial charge in [-0.05, 0) is 44.0 Å². The summed E-state index contributed by atoms with van der Waals surface area (Å²) in [5.74, 6) is -0.195. The van der Waals surface area contributed by atoms with Gasteiger partial charge in [0.2, 0.25) is 10.0 Å². The van der Waals surface area contributed by atoms with Gasteiger partial charge in [-0.1, -0.05) is 18.5 Å². The molecule has 1 saturated heterocycles. The Morgan fingerprint density at radius 3 is 2.67 bits per heavy atom. The Balaban J connectivity index is 1.71. The van der Waals surface area contributed by atoms with Crippen molar-refractivity contribution >= 4 is 27.5 Å². The molecule has 0 spiro atoms. The number of sulfonamides is 1. The first-order chi connectivity index (χ1) is 14.2. The number of amides is 1. The third-order valence-electron chi connectivity index (χ3n) is 4.87. The second kappa shape index (κ2) is 9.47. The minimum absolute atomic E-state index is 0.0669. The summed E-state index contributed by atoms with van der Waals surface area (Å²) in [6.45, 7) is 7.24. The molecule has 1 aliphatic heterocycles. The number of hydrogen-bond acceptors (Lipinski definition) is 5. The summed E-state index contributed by atoms with van der Waals surface area (Å²) in [6, 6.07) is 6.16. The Morgan fingerprint density at radius 1 is 1.33 bits per heavy atom. The summed E-state index contributed by atoms with van der Waals surface area (Å²) in [5.41, 5.74) is 0.249. The highest BCUT2D eigenvalue weighted by molar-refractivity contribution is 7.89. The lowest BCUT2D eigenvalue weighted by Crippen LogP contribution is -2.48. The van der Waals surface area contributed by atoms with E-state index in [9.17, 15) is 13.2 Å². The van der Waals surface area contributed by atoms with E-state index in [0.717, 1.165) is 0 Å². The maximum absolute atomic E-state index is 13.2. The van der Waals surface area contributed by atoms with Crippen LogP contribution in [0.2, 0.25) is 5.02 Å². The normalized spacial score (nSPS) is 21.3. The summed E-state index contributed by atoms with van der Waals surface area (Å²) in [6.07, 6.45) is 3.13. The number of carbonyl (C=O) groups is 1. The van der Waals surface area contributed by atoms with Crippen LogP contribution in [-0.2, 0) is 21.3 Å². The Hall–Kier alpha value is -1.94. The Bertz CT molecular complexity index is 971. The molecule has 30 heavy (non-hydrogen) atoms. The molecular weight excluding hydrogens is 428 g/mol. The zero-order valence-electron chi connectivity index (χ0n) is 17.3. The van der Waals surface area contributed by atoms with E-state index in [2.05, 4.69) is 10.4 Å². The predicted molar refractivity (Wildman–Crippen MR) is 114 cm³/mol. The van der Waals surface area contributed by atoms with Gasteiger partial charge < -0.3 is 10.1 Å². The molecule has 3 rings (SSSR count). The van der Waals surface area contributed by atoms with Crippen LogP contribution in [0.5, 0.6) is 0 Å². The monoisotopic (exact) mass is 454 g/mol. The van der Waals surface area contributed by atoms with Crippen LogP contribution < -0.4 is 5.32 Å². The lowest BCUT2D eigenvalue weighted by atomic mass is 10.1. The molecule has 1 N–H and O–H groups in total. The zero-order valence-corrected chi connectivity index (χ0v) is 18.9. The number of nitrogens with one attached hydrogen (secondary N) is 1. The largest absolute Gasteiger partial charge is 0.373 e. The first-order valence-electron chi connectivity index (χ1n) is 9.87. The van der Waals surface area contributed by atoms with Crippen LogP contribution in [0.3, 0.4) is 0 Å². The molecule has 3 unspecified atom stereocenters. The second-order valence-corrected chi connectivity index (χ2v) is 10.1. The van der Waals surface area contributed by atoms with E-state index in [1.54, 1.807) is 10.9 Å². The van der Waals surface area contributed by atoms with Crippen molar-refractivity contribution in [2.45, 2.75) is 44.4 Å². The van der Waals surface area contributed by atoms with Crippen molar-refractivity contribution in [3.63, 3.8) is 0 Å². The molecule has 0 bridgehead atoms. The minimum Gasteiger partial charge on any atom is -0.373 e. The smallest absolute Gasteiger partial charge is 0.251 e. The molecule has 0 saturated carbocycles. The maximum atomic E-state index is 13.2. The van der Waals surface area contributed by atoms with E-state index in [4.69, 9.17) is 16.3 Å². The number of morpholine rings is 1. The van der Waals surface area contributed by atoms with Crippen molar-refractivity contribution in [2.24, 2.45) is 5.92 Å². The highest BCUT2D eigenvalue weighted by Crippen LogP contribution is 2.28. The highest BCUT2D eigenvalue weighted by atomic mass is 35.5. The van der Waals surface area contributed by atoms with E-state index in [0.29, 0.717) is 13.1 Å².